The number of benzene rings is 3. The summed E-state index contributed by atoms with van der Waals surface area (Å²) in [4.78, 5) is 0. The second-order valence-electron chi connectivity index (χ2n) is 9.93. The van der Waals surface area contributed by atoms with Gasteiger partial charge in [-0.25, -0.2) is 0 Å². The van der Waals surface area contributed by atoms with Gasteiger partial charge in [-0.05, 0) is 58.5 Å². The number of fused-ring (bicyclic) bond motifs is 2. The fraction of sp³-hybridized carbons (Fsp3) is 0.562. The molecule has 0 fully saturated rings. The van der Waals surface area contributed by atoms with Gasteiger partial charge >= 0.3 is 0 Å². The molecule has 180 valence electrons. The summed E-state index contributed by atoms with van der Waals surface area (Å²) in [6.07, 6.45) is 23.5. The van der Waals surface area contributed by atoms with Crippen LogP contribution in [0.2, 0.25) is 0 Å². The molecule has 0 atom stereocenters. The minimum absolute atomic E-state index is 0.836. The minimum atomic E-state index is 0.836. The summed E-state index contributed by atoms with van der Waals surface area (Å²) in [5, 5.41) is 5.53. The monoisotopic (exact) mass is 464 g/mol. The van der Waals surface area contributed by atoms with Crippen LogP contribution in [0.1, 0.15) is 108 Å². The van der Waals surface area contributed by atoms with Crippen LogP contribution in [0.3, 0.4) is 0 Å². The number of rotatable bonds is 18. The van der Waals surface area contributed by atoms with E-state index in [9.17, 15) is 0 Å². The molecule has 0 N–H and O–H groups in total. The zero-order valence-corrected chi connectivity index (χ0v) is 21.6. The number of unbranched alkanes of at least 4 members (excludes halogenated alkanes) is 15. The first-order chi connectivity index (χ1) is 16.4. The first kappa shape index (κ1) is 26.1. The minimum Gasteiger partial charge on any atom is -0.127 e. The lowest BCUT2D eigenvalue weighted by Gasteiger charge is -2.09. The fourth-order valence-corrected chi connectivity index (χ4v) is 5.32. The Morgan fingerprint density at radius 3 is 1.42 bits per heavy atom. The molecule has 0 aromatic heterocycles. The van der Waals surface area contributed by atoms with E-state index in [1.807, 2.05) is 0 Å². The highest BCUT2D eigenvalue weighted by molar-refractivity contribution is 6.17. The molecule has 33 heavy (non-hydrogen) atoms. The van der Waals surface area contributed by atoms with Crippen LogP contribution in [0.25, 0.3) is 21.5 Å². The predicted molar refractivity (Wildman–Crippen MR) is 150 cm³/mol. The molecule has 0 saturated carbocycles. The van der Waals surface area contributed by atoms with E-state index in [0.717, 1.165) is 5.88 Å². The largest absolute Gasteiger partial charge is 0.127 e. The van der Waals surface area contributed by atoms with Crippen molar-refractivity contribution in [3.63, 3.8) is 0 Å². The SMILES string of the molecule is ClCCCCCCCCCCCCCCCCCCc1cccc2cc3ccccc3cc12. The number of alkyl halides is 1. The Balaban J connectivity index is 1.19. The summed E-state index contributed by atoms with van der Waals surface area (Å²) in [5.74, 6) is 0.836. The van der Waals surface area contributed by atoms with E-state index >= 15 is 0 Å². The molecule has 0 aliphatic rings. The van der Waals surface area contributed by atoms with Crippen LogP contribution in [-0.4, -0.2) is 5.88 Å². The van der Waals surface area contributed by atoms with Crippen molar-refractivity contribution < 1.29 is 0 Å². The highest BCUT2D eigenvalue weighted by Gasteiger charge is 2.03. The second-order valence-corrected chi connectivity index (χ2v) is 10.3. The van der Waals surface area contributed by atoms with Crippen molar-refractivity contribution in [2.45, 2.75) is 109 Å². The van der Waals surface area contributed by atoms with Crippen molar-refractivity contribution in [2.75, 3.05) is 5.88 Å². The van der Waals surface area contributed by atoms with Gasteiger partial charge in [-0.1, -0.05) is 132 Å². The van der Waals surface area contributed by atoms with Gasteiger partial charge in [-0.15, -0.1) is 11.6 Å². The summed E-state index contributed by atoms with van der Waals surface area (Å²) >= 11 is 5.72. The quantitative estimate of drug-likeness (QED) is 0.0996. The Kier molecular flexibility index (Phi) is 12.8. The van der Waals surface area contributed by atoms with Crippen molar-refractivity contribution in [1.29, 1.82) is 0 Å². The van der Waals surface area contributed by atoms with E-state index in [4.69, 9.17) is 11.6 Å². The molecule has 0 radical (unpaired) electrons. The summed E-state index contributed by atoms with van der Waals surface area (Å²) < 4.78 is 0. The normalized spacial score (nSPS) is 11.5. The Labute approximate surface area is 208 Å². The molecule has 1 heteroatoms. The van der Waals surface area contributed by atoms with Gasteiger partial charge in [-0.2, -0.15) is 0 Å². The number of halogens is 1. The Morgan fingerprint density at radius 1 is 0.424 bits per heavy atom. The third kappa shape index (κ3) is 9.70. The average molecular weight is 465 g/mol. The first-order valence-corrected chi connectivity index (χ1v) is 14.4. The zero-order chi connectivity index (χ0) is 23.0. The van der Waals surface area contributed by atoms with Gasteiger partial charge < -0.3 is 0 Å². The molecule has 0 unspecified atom stereocenters. The van der Waals surface area contributed by atoms with Crippen LogP contribution in [0, 0.1) is 0 Å². The van der Waals surface area contributed by atoms with Gasteiger partial charge in [0.15, 0.2) is 0 Å². The van der Waals surface area contributed by atoms with Crippen molar-refractivity contribution in [3.8, 4) is 0 Å². The molecule has 0 saturated heterocycles. The molecule has 0 nitrogen and oxygen atoms in total. The molecule has 0 bridgehead atoms. The molecule has 0 heterocycles. The van der Waals surface area contributed by atoms with Gasteiger partial charge in [0.2, 0.25) is 0 Å². The summed E-state index contributed by atoms with van der Waals surface area (Å²) in [5.41, 5.74) is 1.52. The van der Waals surface area contributed by atoms with Crippen molar-refractivity contribution in [3.05, 3.63) is 60.2 Å². The average Bonchev–Trinajstić information content (AvgIpc) is 2.84. The molecule has 0 amide bonds. The third-order valence-corrected chi connectivity index (χ3v) is 7.43. The van der Waals surface area contributed by atoms with Gasteiger partial charge in [0.25, 0.3) is 0 Å². The lowest BCUT2D eigenvalue weighted by molar-refractivity contribution is 0.530. The van der Waals surface area contributed by atoms with Gasteiger partial charge in [0, 0.05) is 5.88 Å². The number of hydrogen-bond donors (Lipinski definition) is 0. The van der Waals surface area contributed by atoms with Crippen LogP contribution in [0.15, 0.2) is 54.6 Å². The molecular formula is C32H45Cl. The van der Waals surface area contributed by atoms with Crippen LogP contribution < -0.4 is 0 Å². The van der Waals surface area contributed by atoms with E-state index < -0.39 is 0 Å². The lowest BCUT2D eigenvalue weighted by Crippen LogP contribution is -1.89. The lowest BCUT2D eigenvalue weighted by atomic mass is 9.96. The highest BCUT2D eigenvalue weighted by atomic mass is 35.5. The Morgan fingerprint density at radius 2 is 0.879 bits per heavy atom. The number of hydrogen-bond acceptors (Lipinski definition) is 0. The van der Waals surface area contributed by atoms with Crippen LogP contribution in [0.4, 0.5) is 0 Å². The molecule has 0 aliphatic carbocycles. The Hall–Kier alpha value is -1.53. The van der Waals surface area contributed by atoms with E-state index in [0.29, 0.717) is 0 Å². The van der Waals surface area contributed by atoms with Gasteiger partial charge in [0.05, 0.1) is 0 Å². The van der Waals surface area contributed by atoms with Crippen molar-refractivity contribution in [2.24, 2.45) is 0 Å². The number of aryl methyl sites for hydroxylation is 1. The standard InChI is InChI=1S/C32H45Cl/c33-25-18-14-12-10-8-6-4-2-1-3-5-7-9-11-13-15-20-28-23-19-24-31-26-29-21-16-17-22-30(29)27-32(28)31/h16-17,19,21-24,26-27H,1-15,18,20,25H2. The molecule has 0 spiro atoms. The van der Waals surface area contributed by atoms with E-state index in [2.05, 4.69) is 54.6 Å². The molecule has 0 aliphatic heterocycles. The molecule has 3 rings (SSSR count). The first-order valence-electron chi connectivity index (χ1n) is 13.8. The predicted octanol–water partition coefficient (Wildman–Crippen LogP) is 11.0. The van der Waals surface area contributed by atoms with Gasteiger partial charge in [-0.3, -0.25) is 0 Å². The topological polar surface area (TPSA) is 0 Å². The van der Waals surface area contributed by atoms with E-state index in [-0.39, 0.29) is 0 Å². The molecular weight excluding hydrogens is 420 g/mol. The maximum Gasteiger partial charge on any atom is 0.0223 e. The smallest absolute Gasteiger partial charge is 0.0223 e. The van der Waals surface area contributed by atoms with E-state index in [1.54, 1.807) is 0 Å². The zero-order valence-electron chi connectivity index (χ0n) is 20.8. The van der Waals surface area contributed by atoms with Crippen LogP contribution in [-0.2, 0) is 6.42 Å². The summed E-state index contributed by atoms with van der Waals surface area (Å²) in [6, 6.07) is 20.3. The highest BCUT2D eigenvalue weighted by Crippen LogP contribution is 2.26. The van der Waals surface area contributed by atoms with Crippen molar-refractivity contribution in [1.82, 2.24) is 0 Å². The van der Waals surface area contributed by atoms with Gasteiger partial charge in [0.1, 0.15) is 0 Å². The maximum absolute atomic E-state index is 5.72. The molecule has 3 aromatic rings. The second kappa shape index (κ2) is 16.2. The summed E-state index contributed by atoms with van der Waals surface area (Å²) in [7, 11) is 0. The van der Waals surface area contributed by atoms with Crippen molar-refractivity contribution >= 4 is 33.1 Å². The summed E-state index contributed by atoms with van der Waals surface area (Å²) in [6.45, 7) is 0. The van der Waals surface area contributed by atoms with Crippen LogP contribution >= 0.6 is 11.6 Å². The Bertz CT molecular complexity index is 913. The fourth-order valence-electron chi connectivity index (χ4n) is 5.13. The third-order valence-electron chi connectivity index (χ3n) is 7.17. The molecule has 3 aromatic carbocycles. The maximum atomic E-state index is 5.72. The van der Waals surface area contributed by atoms with Crippen LogP contribution in [0.5, 0.6) is 0 Å². The van der Waals surface area contributed by atoms with E-state index in [1.165, 1.54) is 136 Å².